The highest BCUT2D eigenvalue weighted by Gasteiger charge is 2.29. The van der Waals surface area contributed by atoms with Crippen molar-refractivity contribution in [1.29, 1.82) is 0 Å². The lowest BCUT2D eigenvalue weighted by Crippen LogP contribution is -2.51. The van der Waals surface area contributed by atoms with Crippen LogP contribution in [-0.4, -0.2) is 61.5 Å². The number of nitrogens with zero attached hydrogens (tertiary/aromatic N) is 2. The summed E-state index contributed by atoms with van der Waals surface area (Å²) in [5.74, 6) is 0.988. The van der Waals surface area contributed by atoms with E-state index in [1.54, 1.807) is 0 Å². The predicted molar refractivity (Wildman–Crippen MR) is 97.2 cm³/mol. The zero-order valence-electron chi connectivity index (χ0n) is 14.1. The molecule has 2 unspecified atom stereocenters. The molecule has 0 saturated carbocycles. The molecule has 2 aliphatic heterocycles. The van der Waals surface area contributed by atoms with Crippen molar-refractivity contribution in [2.45, 2.75) is 51.5 Å². The van der Waals surface area contributed by atoms with Gasteiger partial charge in [-0.2, -0.15) is 0 Å². The number of hydrogen-bond donors (Lipinski definition) is 1. The first-order valence-corrected chi connectivity index (χ1v) is 8.40. The van der Waals surface area contributed by atoms with Crippen LogP contribution in [0.25, 0.3) is 0 Å². The van der Waals surface area contributed by atoms with Crippen molar-refractivity contribution in [2.24, 2.45) is 5.92 Å². The molecular formula is C16H33Cl2N3O. The van der Waals surface area contributed by atoms with E-state index in [1.807, 2.05) is 7.05 Å². The van der Waals surface area contributed by atoms with Crippen molar-refractivity contribution >= 4 is 30.7 Å². The molecule has 2 saturated heterocycles. The van der Waals surface area contributed by atoms with Gasteiger partial charge in [-0.15, -0.1) is 24.8 Å². The molecule has 2 heterocycles. The highest BCUT2D eigenvalue weighted by Crippen LogP contribution is 2.19. The minimum atomic E-state index is 0. The van der Waals surface area contributed by atoms with Gasteiger partial charge in [0.2, 0.25) is 5.91 Å². The van der Waals surface area contributed by atoms with Crippen molar-refractivity contribution in [3.05, 3.63) is 0 Å². The summed E-state index contributed by atoms with van der Waals surface area (Å²) < 4.78 is 0. The first-order valence-electron chi connectivity index (χ1n) is 8.40. The van der Waals surface area contributed by atoms with Crippen LogP contribution in [0.3, 0.4) is 0 Å². The average molecular weight is 354 g/mol. The summed E-state index contributed by atoms with van der Waals surface area (Å²) in [6.45, 7) is 7.23. The second kappa shape index (κ2) is 11.5. The van der Waals surface area contributed by atoms with E-state index in [0.717, 1.165) is 39.1 Å². The molecule has 2 atom stereocenters. The van der Waals surface area contributed by atoms with Gasteiger partial charge in [0.25, 0.3) is 0 Å². The van der Waals surface area contributed by atoms with Gasteiger partial charge in [-0.25, -0.2) is 0 Å². The van der Waals surface area contributed by atoms with E-state index >= 15 is 0 Å². The number of amides is 1. The van der Waals surface area contributed by atoms with Gasteiger partial charge in [-0.05, 0) is 65.2 Å². The smallest absolute Gasteiger partial charge is 0.239 e. The summed E-state index contributed by atoms with van der Waals surface area (Å²) in [5, 5.41) is 3.25. The Morgan fingerprint density at radius 2 is 1.73 bits per heavy atom. The lowest BCUT2D eigenvalue weighted by Gasteiger charge is -2.37. The molecule has 6 heteroatoms. The third kappa shape index (κ3) is 6.23. The number of rotatable bonds is 4. The molecule has 2 aliphatic rings. The van der Waals surface area contributed by atoms with Gasteiger partial charge < -0.3 is 10.2 Å². The standard InChI is InChI=1S/C16H31N3O.2ClH/c1-14(18-9-5-3-4-6-10-18)16(20)19-11-7-8-15(13-19)12-17-2;;/h14-15,17H,3-13H2,1-2H3;2*1H. The van der Waals surface area contributed by atoms with Gasteiger partial charge in [-0.3, -0.25) is 9.69 Å². The van der Waals surface area contributed by atoms with E-state index in [-0.39, 0.29) is 30.9 Å². The number of piperidine rings is 1. The molecule has 4 nitrogen and oxygen atoms in total. The van der Waals surface area contributed by atoms with E-state index in [2.05, 4.69) is 22.0 Å². The minimum Gasteiger partial charge on any atom is -0.341 e. The molecule has 2 fully saturated rings. The van der Waals surface area contributed by atoms with E-state index in [1.165, 1.54) is 32.1 Å². The molecule has 0 aromatic carbocycles. The molecule has 0 bridgehead atoms. The summed E-state index contributed by atoms with van der Waals surface area (Å²) in [6, 6.07) is 0.0708. The Hall–Kier alpha value is -0.0300. The maximum atomic E-state index is 12.7. The second-order valence-electron chi connectivity index (χ2n) is 6.48. The molecule has 0 aromatic heterocycles. The van der Waals surface area contributed by atoms with E-state index in [0.29, 0.717) is 11.8 Å². The third-order valence-corrected chi connectivity index (χ3v) is 4.87. The summed E-state index contributed by atoms with van der Waals surface area (Å²) in [4.78, 5) is 17.2. The zero-order chi connectivity index (χ0) is 14.4. The Bertz CT molecular complexity index is 308. The number of carbonyl (C=O) groups excluding carboxylic acids is 1. The molecule has 22 heavy (non-hydrogen) atoms. The molecule has 1 N–H and O–H groups in total. The van der Waals surface area contributed by atoms with Crippen LogP contribution in [-0.2, 0) is 4.79 Å². The van der Waals surface area contributed by atoms with Crippen molar-refractivity contribution < 1.29 is 4.79 Å². The van der Waals surface area contributed by atoms with Gasteiger partial charge in [-0.1, -0.05) is 12.8 Å². The van der Waals surface area contributed by atoms with Crippen LogP contribution in [0.2, 0.25) is 0 Å². The largest absolute Gasteiger partial charge is 0.341 e. The van der Waals surface area contributed by atoms with E-state index in [4.69, 9.17) is 0 Å². The lowest BCUT2D eigenvalue weighted by molar-refractivity contribution is -0.138. The van der Waals surface area contributed by atoms with Gasteiger partial charge in [0.1, 0.15) is 0 Å². The Balaban J connectivity index is 0.00000220. The maximum absolute atomic E-state index is 12.7. The topological polar surface area (TPSA) is 35.6 Å². The molecule has 0 aliphatic carbocycles. The number of halogens is 2. The highest BCUT2D eigenvalue weighted by molar-refractivity contribution is 5.85. The van der Waals surface area contributed by atoms with Gasteiger partial charge in [0.15, 0.2) is 0 Å². The van der Waals surface area contributed by atoms with Gasteiger partial charge >= 0.3 is 0 Å². The maximum Gasteiger partial charge on any atom is 0.239 e. The predicted octanol–water partition coefficient (Wildman–Crippen LogP) is 2.55. The van der Waals surface area contributed by atoms with Crippen molar-refractivity contribution in [2.75, 3.05) is 39.8 Å². The number of likely N-dealkylation sites (tertiary alicyclic amines) is 2. The Morgan fingerprint density at radius 3 is 2.32 bits per heavy atom. The van der Waals surface area contributed by atoms with Crippen LogP contribution in [0.5, 0.6) is 0 Å². The lowest BCUT2D eigenvalue weighted by atomic mass is 9.97. The fourth-order valence-corrected chi connectivity index (χ4v) is 3.62. The molecule has 132 valence electrons. The molecule has 0 radical (unpaired) electrons. The zero-order valence-corrected chi connectivity index (χ0v) is 15.7. The van der Waals surface area contributed by atoms with Crippen LogP contribution in [0.1, 0.15) is 45.4 Å². The Morgan fingerprint density at radius 1 is 1.09 bits per heavy atom. The fourth-order valence-electron chi connectivity index (χ4n) is 3.62. The van der Waals surface area contributed by atoms with Crippen LogP contribution in [0.4, 0.5) is 0 Å². The van der Waals surface area contributed by atoms with E-state index in [9.17, 15) is 4.79 Å². The molecule has 2 rings (SSSR count). The van der Waals surface area contributed by atoms with Crippen molar-refractivity contribution in [3.63, 3.8) is 0 Å². The Labute approximate surface area is 148 Å². The minimum absolute atomic E-state index is 0. The quantitative estimate of drug-likeness (QED) is 0.843. The third-order valence-electron chi connectivity index (χ3n) is 4.87. The van der Waals surface area contributed by atoms with Crippen molar-refractivity contribution in [1.82, 2.24) is 15.1 Å². The van der Waals surface area contributed by atoms with Crippen LogP contribution < -0.4 is 5.32 Å². The van der Waals surface area contributed by atoms with Crippen LogP contribution >= 0.6 is 24.8 Å². The summed E-state index contributed by atoms with van der Waals surface area (Å²) >= 11 is 0. The van der Waals surface area contributed by atoms with Crippen molar-refractivity contribution in [3.8, 4) is 0 Å². The Kier molecular flexibility index (Phi) is 11.5. The number of carbonyl (C=O) groups is 1. The van der Waals surface area contributed by atoms with Gasteiger partial charge in [0.05, 0.1) is 6.04 Å². The normalized spacial score (nSPS) is 24.6. The first-order chi connectivity index (χ1) is 9.72. The monoisotopic (exact) mass is 353 g/mol. The van der Waals surface area contributed by atoms with Crippen LogP contribution in [0.15, 0.2) is 0 Å². The number of hydrogen-bond acceptors (Lipinski definition) is 3. The summed E-state index contributed by atoms with van der Waals surface area (Å²) in [7, 11) is 2.00. The summed E-state index contributed by atoms with van der Waals surface area (Å²) in [6.07, 6.45) is 7.56. The van der Waals surface area contributed by atoms with Gasteiger partial charge in [0, 0.05) is 13.1 Å². The number of nitrogens with one attached hydrogen (secondary N) is 1. The SMILES string of the molecule is CNCC1CCCN(C(=O)C(C)N2CCCCCC2)C1.Cl.Cl. The molecule has 1 amide bonds. The average Bonchev–Trinajstić information content (AvgIpc) is 2.75. The molecular weight excluding hydrogens is 321 g/mol. The summed E-state index contributed by atoms with van der Waals surface area (Å²) in [5.41, 5.74) is 0. The van der Waals surface area contributed by atoms with E-state index < -0.39 is 0 Å². The molecule has 0 spiro atoms. The fraction of sp³-hybridized carbons (Fsp3) is 0.938. The second-order valence-corrected chi connectivity index (χ2v) is 6.48. The first kappa shape index (κ1) is 22.0. The van der Waals surface area contributed by atoms with Crippen LogP contribution in [0, 0.1) is 5.92 Å². The highest BCUT2D eigenvalue weighted by atomic mass is 35.5. The molecule has 0 aromatic rings.